The third-order valence-electron chi connectivity index (χ3n) is 7.56. The highest BCUT2D eigenvalue weighted by Crippen LogP contribution is 2.33. The van der Waals surface area contributed by atoms with Crippen LogP contribution in [0.5, 0.6) is 0 Å². The van der Waals surface area contributed by atoms with Crippen molar-refractivity contribution in [2.75, 3.05) is 5.32 Å². The van der Waals surface area contributed by atoms with Crippen molar-refractivity contribution >= 4 is 27.6 Å². The summed E-state index contributed by atoms with van der Waals surface area (Å²) < 4.78 is 0. The molecule has 1 aliphatic carbocycles. The summed E-state index contributed by atoms with van der Waals surface area (Å²) >= 11 is 0. The van der Waals surface area contributed by atoms with Crippen LogP contribution in [0, 0.1) is 5.92 Å². The number of hydrogen-bond donors (Lipinski definition) is 3. The van der Waals surface area contributed by atoms with Gasteiger partial charge in [0.2, 0.25) is 0 Å². The molecule has 8 heteroatoms. The fraction of sp³-hybridized carbons (Fsp3) is 0.194. The zero-order chi connectivity index (χ0) is 26.2. The Morgan fingerprint density at radius 1 is 0.872 bits per heavy atom. The summed E-state index contributed by atoms with van der Waals surface area (Å²) in [6, 6.07) is 16.0. The summed E-state index contributed by atoms with van der Waals surface area (Å²) in [5.41, 5.74) is 9.66. The van der Waals surface area contributed by atoms with Crippen LogP contribution >= 0.6 is 0 Å². The molecule has 8 nitrogen and oxygen atoms in total. The number of nitrogens with one attached hydrogen (secondary N) is 3. The molecule has 6 aromatic rings. The van der Waals surface area contributed by atoms with E-state index in [0.29, 0.717) is 5.92 Å². The summed E-state index contributed by atoms with van der Waals surface area (Å²) in [5, 5.41) is 12.2. The summed E-state index contributed by atoms with van der Waals surface area (Å²) in [6.07, 6.45) is 13.5. The van der Waals surface area contributed by atoms with E-state index in [4.69, 9.17) is 4.98 Å². The van der Waals surface area contributed by atoms with Crippen molar-refractivity contribution in [3.05, 3.63) is 85.6 Å². The van der Waals surface area contributed by atoms with Gasteiger partial charge in [-0.15, -0.1) is 0 Å². The van der Waals surface area contributed by atoms with Gasteiger partial charge >= 0.3 is 0 Å². The highest BCUT2D eigenvalue weighted by molar-refractivity contribution is 5.98. The van der Waals surface area contributed by atoms with Crippen molar-refractivity contribution in [1.29, 1.82) is 0 Å². The van der Waals surface area contributed by atoms with Gasteiger partial charge in [0.05, 0.1) is 40.2 Å². The van der Waals surface area contributed by atoms with E-state index in [1.165, 1.54) is 32.1 Å². The number of fused-ring (bicyclic) bond motifs is 2. The maximum Gasteiger partial charge on any atom is 0.135 e. The van der Waals surface area contributed by atoms with Gasteiger partial charge < -0.3 is 10.3 Å². The van der Waals surface area contributed by atoms with Crippen LogP contribution in [0.15, 0.2) is 85.6 Å². The van der Waals surface area contributed by atoms with Gasteiger partial charge in [-0.05, 0) is 61.2 Å². The summed E-state index contributed by atoms with van der Waals surface area (Å²) in [7, 11) is 0. The minimum Gasteiger partial charge on any atom is -0.358 e. The van der Waals surface area contributed by atoms with E-state index in [1.807, 2.05) is 48.8 Å². The largest absolute Gasteiger partial charge is 0.358 e. The summed E-state index contributed by atoms with van der Waals surface area (Å²) in [6.45, 7) is 4.32. The van der Waals surface area contributed by atoms with Crippen LogP contribution in [0.25, 0.3) is 56.0 Å². The summed E-state index contributed by atoms with van der Waals surface area (Å²) in [5.74, 6) is 0.523. The highest BCUT2D eigenvalue weighted by Gasteiger charge is 2.18. The molecule has 0 aliphatic heterocycles. The van der Waals surface area contributed by atoms with Gasteiger partial charge in [0.25, 0.3) is 0 Å². The minimum atomic E-state index is 0.523. The SMILES string of the molecule is C=C(Nc1cncc(-c2ccc3[nH]nc(-c4cc5c(-c6ccccn6)nccc5[nH]4)c3n2)c1)C1CCCCC1. The molecule has 39 heavy (non-hydrogen) atoms. The van der Waals surface area contributed by atoms with Crippen molar-refractivity contribution < 1.29 is 0 Å². The second-order valence-electron chi connectivity index (χ2n) is 10.1. The zero-order valence-corrected chi connectivity index (χ0v) is 21.5. The predicted molar refractivity (Wildman–Crippen MR) is 155 cm³/mol. The molecule has 0 unspecified atom stereocenters. The molecule has 192 valence electrons. The molecule has 6 heterocycles. The van der Waals surface area contributed by atoms with Crippen molar-refractivity contribution in [3.8, 4) is 34.0 Å². The molecule has 0 spiro atoms. The van der Waals surface area contributed by atoms with Crippen molar-refractivity contribution in [3.63, 3.8) is 0 Å². The van der Waals surface area contributed by atoms with Crippen molar-refractivity contribution in [1.82, 2.24) is 35.1 Å². The van der Waals surface area contributed by atoms with Crippen LogP contribution in [0.4, 0.5) is 5.69 Å². The Morgan fingerprint density at radius 3 is 2.67 bits per heavy atom. The molecule has 1 saturated carbocycles. The Kier molecular flexibility index (Phi) is 5.85. The van der Waals surface area contributed by atoms with Gasteiger partial charge in [-0.3, -0.25) is 20.1 Å². The molecule has 0 bridgehead atoms. The van der Waals surface area contributed by atoms with E-state index in [9.17, 15) is 0 Å². The van der Waals surface area contributed by atoms with Crippen molar-refractivity contribution in [2.45, 2.75) is 32.1 Å². The lowest BCUT2D eigenvalue weighted by molar-refractivity contribution is 0.405. The topological polar surface area (TPSA) is 108 Å². The fourth-order valence-corrected chi connectivity index (χ4v) is 5.52. The number of anilines is 1. The maximum atomic E-state index is 5.01. The van der Waals surface area contributed by atoms with Gasteiger partial charge in [-0.1, -0.05) is 31.9 Å². The zero-order valence-electron chi connectivity index (χ0n) is 21.5. The first-order valence-corrected chi connectivity index (χ1v) is 13.4. The average Bonchev–Trinajstić information content (AvgIpc) is 3.62. The molecule has 1 aliphatic rings. The molecule has 0 aromatic carbocycles. The van der Waals surface area contributed by atoms with Gasteiger partial charge in [-0.25, -0.2) is 4.98 Å². The summed E-state index contributed by atoms with van der Waals surface area (Å²) in [4.78, 5) is 22.1. The molecule has 0 saturated heterocycles. The fourth-order valence-electron chi connectivity index (χ4n) is 5.52. The Hall–Kier alpha value is -4.85. The number of hydrogen-bond acceptors (Lipinski definition) is 6. The molecule has 6 aromatic heterocycles. The van der Waals surface area contributed by atoms with Crippen LogP contribution in [-0.4, -0.2) is 35.1 Å². The molecule has 7 rings (SSSR count). The first kappa shape index (κ1) is 23.3. The van der Waals surface area contributed by atoms with E-state index in [1.54, 1.807) is 12.4 Å². The number of aromatic amines is 2. The third-order valence-corrected chi connectivity index (χ3v) is 7.56. The Labute approximate surface area is 225 Å². The lowest BCUT2D eigenvalue weighted by atomic mass is 9.87. The second-order valence-corrected chi connectivity index (χ2v) is 10.1. The Balaban J connectivity index is 1.23. The second kappa shape index (κ2) is 9.79. The van der Waals surface area contributed by atoms with Gasteiger partial charge in [0, 0.05) is 40.8 Å². The molecule has 0 radical (unpaired) electrons. The number of pyridine rings is 4. The van der Waals surface area contributed by atoms with E-state index in [2.05, 4.69) is 54.2 Å². The van der Waals surface area contributed by atoms with E-state index in [0.717, 1.165) is 67.4 Å². The monoisotopic (exact) mass is 512 g/mol. The Morgan fingerprint density at radius 2 is 1.79 bits per heavy atom. The predicted octanol–water partition coefficient (Wildman–Crippen LogP) is 7.13. The van der Waals surface area contributed by atoms with Gasteiger partial charge in [0.1, 0.15) is 11.2 Å². The lowest BCUT2D eigenvalue weighted by Crippen LogP contribution is -2.14. The first-order valence-electron chi connectivity index (χ1n) is 13.4. The molecule has 3 N–H and O–H groups in total. The smallest absolute Gasteiger partial charge is 0.135 e. The molecular formula is C31H28N8. The average molecular weight is 513 g/mol. The number of aromatic nitrogens is 7. The third kappa shape index (κ3) is 4.44. The minimum absolute atomic E-state index is 0.523. The van der Waals surface area contributed by atoms with E-state index < -0.39 is 0 Å². The number of H-pyrrole nitrogens is 2. The van der Waals surface area contributed by atoms with Crippen LogP contribution in [0.1, 0.15) is 32.1 Å². The molecule has 1 fully saturated rings. The Bertz CT molecular complexity index is 1790. The maximum absolute atomic E-state index is 5.01. The standard InChI is InChI=1S/C31H28N8/c1-19(20-7-3-2-4-8-20)35-22-15-21(17-32-18-22)24-10-11-27-30(37-24)31(39-38-27)28-16-23-25(36-28)12-14-34-29(23)26-9-5-6-13-33-26/h5-6,9-18,20,35-36H,1-4,7-8H2,(H,38,39). The molecular weight excluding hydrogens is 484 g/mol. The van der Waals surface area contributed by atoms with Gasteiger partial charge in [-0.2, -0.15) is 5.10 Å². The number of nitrogens with zero attached hydrogens (tertiary/aromatic N) is 5. The van der Waals surface area contributed by atoms with E-state index >= 15 is 0 Å². The van der Waals surface area contributed by atoms with Crippen LogP contribution in [-0.2, 0) is 0 Å². The highest BCUT2D eigenvalue weighted by atomic mass is 15.1. The van der Waals surface area contributed by atoms with Crippen LogP contribution in [0.2, 0.25) is 0 Å². The first-order chi connectivity index (χ1) is 19.2. The number of rotatable bonds is 6. The quantitative estimate of drug-likeness (QED) is 0.219. The lowest BCUT2D eigenvalue weighted by Gasteiger charge is -2.24. The molecule has 0 atom stereocenters. The molecule has 0 amide bonds. The normalized spacial score (nSPS) is 14.2. The van der Waals surface area contributed by atoms with Crippen LogP contribution in [0.3, 0.4) is 0 Å². The van der Waals surface area contributed by atoms with Crippen LogP contribution < -0.4 is 5.32 Å². The van der Waals surface area contributed by atoms with Crippen molar-refractivity contribution in [2.24, 2.45) is 5.92 Å². The van der Waals surface area contributed by atoms with Gasteiger partial charge in [0.15, 0.2) is 0 Å². The number of allylic oxidation sites excluding steroid dienone is 1. The van der Waals surface area contributed by atoms with E-state index in [-0.39, 0.29) is 0 Å².